The van der Waals surface area contributed by atoms with Crippen LogP contribution in [0.25, 0.3) is 0 Å². The van der Waals surface area contributed by atoms with Crippen molar-refractivity contribution in [3.8, 4) is 0 Å². The molecule has 0 aromatic carbocycles. The van der Waals surface area contributed by atoms with Crippen molar-refractivity contribution in [2.24, 2.45) is 4.99 Å². The molecule has 0 spiro atoms. The molecule has 2 rings (SSSR count). The van der Waals surface area contributed by atoms with Crippen molar-refractivity contribution < 1.29 is 4.79 Å². The highest BCUT2D eigenvalue weighted by Crippen LogP contribution is 2.19. The Morgan fingerprint density at radius 1 is 0.958 bits per heavy atom. The lowest BCUT2D eigenvalue weighted by Gasteiger charge is -2.41. The van der Waals surface area contributed by atoms with Gasteiger partial charge in [0.2, 0.25) is 5.91 Å². The molecule has 6 nitrogen and oxygen atoms in total. The number of nitrogens with one attached hydrogen (secondary N) is 2. The van der Waals surface area contributed by atoms with E-state index in [4.69, 9.17) is 0 Å². The Morgan fingerprint density at radius 3 is 2.12 bits per heavy atom. The second-order valence-corrected chi connectivity index (χ2v) is 7.58. The number of hydrogen-bond acceptors (Lipinski definition) is 3. The van der Waals surface area contributed by atoms with Crippen molar-refractivity contribution in [1.82, 2.24) is 20.4 Å². The predicted octanol–water partition coefficient (Wildman–Crippen LogP) is 1.43. The van der Waals surface area contributed by atoms with E-state index < -0.39 is 0 Å². The van der Waals surface area contributed by atoms with Crippen LogP contribution in [-0.4, -0.2) is 73.5 Å². The molecule has 0 aromatic rings. The third kappa shape index (κ3) is 5.65. The van der Waals surface area contributed by atoms with E-state index in [1.165, 1.54) is 38.8 Å². The zero-order valence-corrected chi connectivity index (χ0v) is 15.7. The minimum absolute atomic E-state index is 0.0922. The van der Waals surface area contributed by atoms with Gasteiger partial charge in [-0.25, -0.2) is 0 Å². The second kappa shape index (κ2) is 9.25. The number of nitrogens with zero attached hydrogens (tertiary/aromatic N) is 3. The maximum absolute atomic E-state index is 12.2. The molecule has 0 aliphatic carbocycles. The van der Waals surface area contributed by atoms with Crippen LogP contribution in [0.2, 0.25) is 0 Å². The van der Waals surface area contributed by atoms with E-state index in [1.807, 2.05) is 4.90 Å². The summed E-state index contributed by atoms with van der Waals surface area (Å²) in [4.78, 5) is 21.0. The van der Waals surface area contributed by atoms with Gasteiger partial charge in [0.05, 0.1) is 6.54 Å². The van der Waals surface area contributed by atoms with Gasteiger partial charge in [0.25, 0.3) is 0 Å². The molecular weight excluding hydrogens is 302 g/mol. The molecule has 24 heavy (non-hydrogen) atoms. The van der Waals surface area contributed by atoms with Crippen LogP contribution < -0.4 is 10.6 Å². The number of rotatable bonds is 5. The molecule has 0 saturated carbocycles. The average Bonchev–Trinajstić information content (AvgIpc) is 2.63. The normalized spacial score (nSPS) is 20.8. The Bertz CT molecular complexity index is 423. The Kier molecular flexibility index (Phi) is 7.34. The third-order valence-electron chi connectivity index (χ3n) is 5.24. The van der Waals surface area contributed by atoms with Crippen LogP contribution in [-0.2, 0) is 4.79 Å². The summed E-state index contributed by atoms with van der Waals surface area (Å²) in [6.45, 7) is 9.84. The zero-order chi connectivity index (χ0) is 17.4. The van der Waals surface area contributed by atoms with Gasteiger partial charge in [-0.1, -0.05) is 6.42 Å². The van der Waals surface area contributed by atoms with Gasteiger partial charge in [-0.15, -0.1) is 0 Å². The summed E-state index contributed by atoms with van der Waals surface area (Å²) in [6, 6.07) is 0. The summed E-state index contributed by atoms with van der Waals surface area (Å²) in [6.07, 6.45) is 7.43. The molecule has 2 heterocycles. The quantitative estimate of drug-likeness (QED) is 0.588. The standard InChI is InChI=1S/C18H35N5O/c1-18(2,23-12-8-5-9-13-23)15-21-17(19-3)20-14-16(24)22-10-6-4-7-11-22/h4-15H2,1-3H3,(H2,19,20,21). The fourth-order valence-electron chi connectivity index (χ4n) is 3.55. The van der Waals surface area contributed by atoms with E-state index in [9.17, 15) is 4.79 Å². The van der Waals surface area contributed by atoms with Crippen molar-refractivity contribution in [3.63, 3.8) is 0 Å². The lowest BCUT2D eigenvalue weighted by molar-refractivity contribution is -0.130. The molecule has 2 N–H and O–H groups in total. The van der Waals surface area contributed by atoms with Gasteiger partial charge in [0.15, 0.2) is 5.96 Å². The van der Waals surface area contributed by atoms with Gasteiger partial charge >= 0.3 is 0 Å². The Morgan fingerprint density at radius 2 is 1.54 bits per heavy atom. The largest absolute Gasteiger partial charge is 0.355 e. The molecule has 2 saturated heterocycles. The molecule has 138 valence electrons. The summed E-state index contributed by atoms with van der Waals surface area (Å²) in [7, 11) is 1.76. The highest BCUT2D eigenvalue weighted by Gasteiger charge is 2.28. The lowest BCUT2D eigenvalue weighted by Crippen LogP contribution is -2.55. The maximum atomic E-state index is 12.2. The third-order valence-corrected chi connectivity index (χ3v) is 5.24. The van der Waals surface area contributed by atoms with E-state index >= 15 is 0 Å². The first-order chi connectivity index (χ1) is 11.5. The van der Waals surface area contributed by atoms with Gasteiger partial charge < -0.3 is 15.5 Å². The topological polar surface area (TPSA) is 60.0 Å². The summed E-state index contributed by atoms with van der Waals surface area (Å²) in [5.74, 6) is 0.887. The fraction of sp³-hybridized carbons (Fsp3) is 0.889. The smallest absolute Gasteiger partial charge is 0.241 e. The van der Waals surface area contributed by atoms with Crippen molar-refractivity contribution in [2.75, 3.05) is 46.3 Å². The number of piperidine rings is 2. The summed E-state index contributed by atoms with van der Waals surface area (Å²) in [5, 5.41) is 6.56. The SMILES string of the molecule is CN=C(NCC(=O)N1CCCCC1)NCC(C)(C)N1CCCCC1. The summed E-state index contributed by atoms with van der Waals surface area (Å²) in [5.41, 5.74) is 0.0922. The number of aliphatic imine (C=N–C) groups is 1. The second-order valence-electron chi connectivity index (χ2n) is 7.58. The Hall–Kier alpha value is -1.30. The van der Waals surface area contributed by atoms with Gasteiger partial charge in [-0.2, -0.15) is 0 Å². The number of carbonyl (C=O) groups excluding carboxylic acids is 1. The first-order valence-corrected chi connectivity index (χ1v) is 9.50. The molecule has 0 aromatic heterocycles. The summed E-state index contributed by atoms with van der Waals surface area (Å²) >= 11 is 0. The van der Waals surface area contributed by atoms with Crippen molar-refractivity contribution >= 4 is 11.9 Å². The van der Waals surface area contributed by atoms with E-state index in [-0.39, 0.29) is 11.4 Å². The summed E-state index contributed by atoms with van der Waals surface area (Å²) < 4.78 is 0. The maximum Gasteiger partial charge on any atom is 0.241 e. The van der Waals surface area contributed by atoms with Crippen LogP contribution in [0.15, 0.2) is 4.99 Å². The van der Waals surface area contributed by atoms with E-state index in [0.717, 1.165) is 32.5 Å². The van der Waals surface area contributed by atoms with Crippen LogP contribution in [0, 0.1) is 0 Å². The van der Waals surface area contributed by atoms with Crippen LogP contribution in [0.4, 0.5) is 0 Å². The predicted molar refractivity (Wildman–Crippen MR) is 99.3 cm³/mol. The molecule has 0 radical (unpaired) electrons. The van der Waals surface area contributed by atoms with E-state index in [0.29, 0.717) is 12.5 Å². The Balaban J connectivity index is 1.74. The van der Waals surface area contributed by atoms with Gasteiger partial charge in [-0.3, -0.25) is 14.7 Å². The lowest BCUT2D eigenvalue weighted by atomic mass is 9.98. The molecule has 2 aliphatic rings. The highest BCUT2D eigenvalue weighted by molar-refractivity contribution is 5.86. The van der Waals surface area contributed by atoms with Crippen molar-refractivity contribution in [3.05, 3.63) is 0 Å². The molecule has 0 unspecified atom stereocenters. The fourth-order valence-corrected chi connectivity index (χ4v) is 3.55. The number of carbonyl (C=O) groups is 1. The molecular formula is C18H35N5O. The molecule has 0 atom stereocenters. The molecule has 1 amide bonds. The molecule has 2 aliphatic heterocycles. The number of amides is 1. The van der Waals surface area contributed by atoms with Crippen LogP contribution >= 0.6 is 0 Å². The van der Waals surface area contributed by atoms with Gasteiger partial charge in [-0.05, 0) is 59.0 Å². The van der Waals surface area contributed by atoms with E-state index in [2.05, 4.69) is 34.4 Å². The van der Waals surface area contributed by atoms with Gasteiger partial charge in [0.1, 0.15) is 0 Å². The minimum atomic E-state index is 0.0922. The average molecular weight is 338 g/mol. The first-order valence-electron chi connectivity index (χ1n) is 9.50. The van der Waals surface area contributed by atoms with Crippen LogP contribution in [0.3, 0.4) is 0 Å². The number of likely N-dealkylation sites (tertiary alicyclic amines) is 2. The highest BCUT2D eigenvalue weighted by atomic mass is 16.2. The van der Waals surface area contributed by atoms with E-state index in [1.54, 1.807) is 7.05 Å². The molecule has 0 bridgehead atoms. The van der Waals surface area contributed by atoms with Crippen LogP contribution in [0.5, 0.6) is 0 Å². The number of guanidine groups is 1. The molecule has 6 heteroatoms. The first kappa shape index (κ1) is 19.0. The molecule has 2 fully saturated rings. The minimum Gasteiger partial charge on any atom is -0.355 e. The van der Waals surface area contributed by atoms with Crippen molar-refractivity contribution in [2.45, 2.75) is 57.9 Å². The monoisotopic (exact) mass is 337 g/mol. The van der Waals surface area contributed by atoms with Crippen LogP contribution in [0.1, 0.15) is 52.4 Å². The Labute approximate surface area is 147 Å². The zero-order valence-electron chi connectivity index (χ0n) is 15.7. The van der Waals surface area contributed by atoms with Gasteiger partial charge in [0, 0.05) is 32.2 Å². The van der Waals surface area contributed by atoms with Crippen molar-refractivity contribution in [1.29, 1.82) is 0 Å². The number of hydrogen-bond donors (Lipinski definition) is 2.